The average molecular weight is 284 g/mol. The van der Waals surface area contributed by atoms with Gasteiger partial charge in [0.05, 0.1) is 18.0 Å². The van der Waals surface area contributed by atoms with Gasteiger partial charge >= 0.3 is 0 Å². The summed E-state index contributed by atoms with van der Waals surface area (Å²) in [5.41, 5.74) is 1.52. The van der Waals surface area contributed by atoms with E-state index in [4.69, 9.17) is 4.74 Å². The lowest BCUT2D eigenvalue weighted by Gasteiger charge is -2.09. The van der Waals surface area contributed by atoms with Gasteiger partial charge in [-0.2, -0.15) is 10.4 Å². The molecule has 0 fully saturated rings. The molecule has 108 valence electrons. The van der Waals surface area contributed by atoms with E-state index in [2.05, 4.69) is 10.4 Å². The van der Waals surface area contributed by atoms with Crippen LogP contribution in [-0.2, 0) is 9.53 Å². The molecule has 1 heterocycles. The summed E-state index contributed by atoms with van der Waals surface area (Å²) in [5.74, 6) is -0.323. The number of nitrogens with one attached hydrogen (secondary N) is 1. The monoisotopic (exact) mass is 284 g/mol. The first kappa shape index (κ1) is 14.8. The van der Waals surface area contributed by atoms with Crippen molar-refractivity contribution in [3.05, 3.63) is 48.3 Å². The van der Waals surface area contributed by atoms with E-state index < -0.39 is 6.04 Å². The number of hydrogen-bond acceptors (Lipinski definition) is 4. The van der Waals surface area contributed by atoms with Crippen LogP contribution in [0.15, 0.2) is 42.7 Å². The van der Waals surface area contributed by atoms with Gasteiger partial charge in [0, 0.05) is 18.4 Å². The van der Waals surface area contributed by atoms with Crippen molar-refractivity contribution in [3.8, 4) is 11.8 Å². The summed E-state index contributed by atoms with van der Waals surface area (Å²) in [6, 6.07) is 10.9. The minimum Gasteiger partial charge on any atom is -0.372 e. The highest BCUT2D eigenvalue weighted by Crippen LogP contribution is 2.14. The Bertz CT molecular complexity index is 631. The summed E-state index contributed by atoms with van der Waals surface area (Å²) in [7, 11) is 0. The number of ether oxygens (including phenoxy) is 1. The maximum absolute atomic E-state index is 11.6. The number of carbonyl (C=O) groups excluding carboxylic acids is 1. The van der Waals surface area contributed by atoms with E-state index in [0.29, 0.717) is 12.2 Å². The topological polar surface area (TPSA) is 79.9 Å². The Morgan fingerprint density at radius 2 is 2.24 bits per heavy atom. The molecular formula is C15H16N4O2. The number of hydrogen-bond donors (Lipinski definition) is 1. The van der Waals surface area contributed by atoms with Gasteiger partial charge in [-0.05, 0) is 19.1 Å². The van der Waals surface area contributed by atoms with Crippen molar-refractivity contribution in [1.82, 2.24) is 15.1 Å². The predicted molar refractivity (Wildman–Crippen MR) is 76.6 cm³/mol. The second-order valence-electron chi connectivity index (χ2n) is 4.32. The fourth-order valence-corrected chi connectivity index (χ4v) is 1.80. The van der Waals surface area contributed by atoms with E-state index in [1.54, 1.807) is 24.0 Å². The summed E-state index contributed by atoms with van der Waals surface area (Å²) in [5, 5.41) is 16.0. The smallest absolute Gasteiger partial charge is 0.247 e. The third-order valence-corrected chi connectivity index (χ3v) is 2.83. The van der Waals surface area contributed by atoms with Gasteiger partial charge in [-0.15, -0.1) is 0 Å². The molecule has 0 spiro atoms. The number of benzene rings is 1. The van der Waals surface area contributed by atoms with Crippen molar-refractivity contribution in [3.63, 3.8) is 0 Å². The highest BCUT2D eigenvalue weighted by molar-refractivity contribution is 5.78. The van der Waals surface area contributed by atoms with Gasteiger partial charge in [0.15, 0.2) is 0 Å². The minimum atomic E-state index is -0.740. The van der Waals surface area contributed by atoms with Gasteiger partial charge in [-0.25, -0.2) is 4.68 Å². The van der Waals surface area contributed by atoms with Crippen LogP contribution in [0.2, 0.25) is 0 Å². The molecule has 1 atom stereocenters. The van der Waals surface area contributed by atoms with Gasteiger partial charge in [0.2, 0.25) is 5.91 Å². The molecule has 1 aromatic heterocycles. The molecule has 0 aliphatic carbocycles. The normalized spacial score (nSPS) is 11.6. The van der Waals surface area contributed by atoms with Gasteiger partial charge in [-0.3, -0.25) is 4.79 Å². The second-order valence-corrected chi connectivity index (χ2v) is 4.32. The molecule has 0 aliphatic heterocycles. The fourth-order valence-electron chi connectivity index (χ4n) is 1.80. The maximum atomic E-state index is 11.6. The third kappa shape index (κ3) is 3.91. The third-order valence-electron chi connectivity index (χ3n) is 2.83. The van der Waals surface area contributed by atoms with Crippen LogP contribution in [0.3, 0.4) is 0 Å². The maximum Gasteiger partial charge on any atom is 0.247 e. The molecule has 0 saturated heterocycles. The van der Waals surface area contributed by atoms with Gasteiger partial charge in [0.1, 0.15) is 12.6 Å². The van der Waals surface area contributed by atoms with Crippen molar-refractivity contribution in [2.45, 2.75) is 13.0 Å². The van der Waals surface area contributed by atoms with Crippen molar-refractivity contribution in [1.29, 1.82) is 5.26 Å². The lowest BCUT2D eigenvalue weighted by atomic mass is 10.2. The van der Waals surface area contributed by atoms with Crippen LogP contribution in [0.1, 0.15) is 18.5 Å². The minimum absolute atomic E-state index is 0.0541. The first-order valence-corrected chi connectivity index (χ1v) is 6.61. The van der Waals surface area contributed by atoms with Crippen molar-refractivity contribution >= 4 is 5.91 Å². The molecule has 0 aliphatic rings. The molecule has 21 heavy (non-hydrogen) atoms. The van der Waals surface area contributed by atoms with Crippen LogP contribution in [0.4, 0.5) is 0 Å². The molecule has 1 amide bonds. The number of nitriles is 1. The van der Waals surface area contributed by atoms with Gasteiger partial charge < -0.3 is 10.1 Å². The lowest BCUT2D eigenvalue weighted by molar-refractivity contribution is -0.125. The second kappa shape index (κ2) is 7.22. The van der Waals surface area contributed by atoms with E-state index in [9.17, 15) is 10.1 Å². The zero-order valence-corrected chi connectivity index (χ0v) is 11.7. The molecule has 0 bridgehead atoms. The summed E-state index contributed by atoms with van der Waals surface area (Å²) in [6.45, 7) is 2.21. The number of rotatable bonds is 6. The number of amides is 1. The van der Waals surface area contributed by atoms with E-state index in [1.165, 1.54) is 0 Å². The molecule has 0 radical (unpaired) electrons. The Morgan fingerprint density at radius 1 is 1.48 bits per heavy atom. The van der Waals surface area contributed by atoms with Crippen LogP contribution in [0.25, 0.3) is 5.69 Å². The Kier molecular flexibility index (Phi) is 5.07. The van der Waals surface area contributed by atoms with Crippen LogP contribution in [0.5, 0.6) is 0 Å². The Labute approximate surface area is 123 Å². The largest absolute Gasteiger partial charge is 0.372 e. The molecule has 2 rings (SSSR count). The van der Waals surface area contributed by atoms with Crippen molar-refractivity contribution in [2.75, 3.05) is 13.2 Å². The van der Waals surface area contributed by atoms with Crippen LogP contribution >= 0.6 is 0 Å². The zero-order valence-electron chi connectivity index (χ0n) is 11.7. The standard InChI is InChI=1S/C15H16N4O2/c1-2-21-11-15(20)18-14(8-16)12-9-17-19(10-12)13-6-4-3-5-7-13/h3-7,9-10,14H,2,11H2,1H3,(H,18,20)/t14-/m1/s1. The lowest BCUT2D eigenvalue weighted by Crippen LogP contribution is -2.30. The molecular weight excluding hydrogens is 268 g/mol. The average Bonchev–Trinajstić information content (AvgIpc) is 3.01. The molecule has 0 unspecified atom stereocenters. The van der Waals surface area contributed by atoms with Crippen molar-refractivity contribution < 1.29 is 9.53 Å². The number of aromatic nitrogens is 2. The number of para-hydroxylation sites is 1. The van der Waals surface area contributed by atoms with Crippen LogP contribution in [0, 0.1) is 11.3 Å². The molecule has 0 saturated carbocycles. The summed E-state index contributed by atoms with van der Waals surface area (Å²) in [6.07, 6.45) is 3.30. The summed E-state index contributed by atoms with van der Waals surface area (Å²) in [4.78, 5) is 11.6. The van der Waals surface area contributed by atoms with Gasteiger partial charge in [-0.1, -0.05) is 18.2 Å². The number of carbonyl (C=O) groups is 1. The molecule has 1 N–H and O–H groups in total. The SMILES string of the molecule is CCOCC(=O)N[C@H](C#N)c1cnn(-c2ccccc2)c1. The molecule has 6 nitrogen and oxygen atoms in total. The van der Waals surface area contributed by atoms with Crippen molar-refractivity contribution in [2.24, 2.45) is 0 Å². The fraction of sp³-hybridized carbons (Fsp3) is 0.267. The molecule has 2 aromatic rings. The Balaban J connectivity index is 2.08. The Hall–Kier alpha value is -2.65. The van der Waals surface area contributed by atoms with E-state index >= 15 is 0 Å². The predicted octanol–water partition coefficient (Wildman–Crippen LogP) is 1.59. The molecule has 1 aromatic carbocycles. The summed E-state index contributed by atoms with van der Waals surface area (Å²) >= 11 is 0. The van der Waals surface area contributed by atoms with E-state index in [0.717, 1.165) is 5.69 Å². The highest BCUT2D eigenvalue weighted by atomic mass is 16.5. The highest BCUT2D eigenvalue weighted by Gasteiger charge is 2.16. The summed E-state index contributed by atoms with van der Waals surface area (Å²) < 4.78 is 6.67. The molecule has 6 heteroatoms. The van der Waals surface area contributed by atoms with Crippen LogP contribution < -0.4 is 5.32 Å². The van der Waals surface area contributed by atoms with E-state index in [1.807, 2.05) is 36.4 Å². The van der Waals surface area contributed by atoms with Gasteiger partial charge in [0.25, 0.3) is 0 Å². The Morgan fingerprint density at radius 3 is 2.90 bits per heavy atom. The zero-order chi connectivity index (χ0) is 15.1. The van der Waals surface area contributed by atoms with Crippen LogP contribution in [-0.4, -0.2) is 28.9 Å². The number of nitrogens with zero attached hydrogens (tertiary/aromatic N) is 3. The van der Waals surface area contributed by atoms with E-state index in [-0.39, 0.29) is 12.5 Å². The quantitative estimate of drug-likeness (QED) is 0.873. The first-order valence-electron chi connectivity index (χ1n) is 6.61. The first-order chi connectivity index (χ1) is 10.2.